The van der Waals surface area contributed by atoms with Crippen LogP contribution in [0.2, 0.25) is 0 Å². The monoisotopic (exact) mass is 231 g/mol. The summed E-state index contributed by atoms with van der Waals surface area (Å²) in [4.78, 5) is 2.46. The first-order valence-electron chi connectivity index (χ1n) is 6.13. The highest BCUT2D eigenvalue weighted by molar-refractivity contribution is 7.80. The standard InChI is InChI=1S/C12H25NOS/c1-11-3-5-12(6-4-11)13(2)7-8-14-9-10-15/h11-12,15H,3-10H2,1-2H3. The Bertz CT molecular complexity index is 158. The van der Waals surface area contributed by atoms with Crippen molar-refractivity contribution >= 4 is 12.6 Å². The molecule has 0 spiro atoms. The van der Waals surface area contributed by atoms with E-state index in [2.05, 4.69) is 31.5 Å². The molecule has 1 aliphatic rings. The minimum atomic E-state index is 0.776. The van der Waals surface area contributed by atoms with Crippen LogP contribution in [0.25, 0.3) is 0 Å². The molecule has 0 aromatic carbocycles. The number of likely N-dealkylation sites (N-methyl/N-ethyl adjacent to an activating group) is 1. The van der Waals surface area contributed by atoms with E-state index in [-0.39, 0.29) is 0 Å². The van der Waals surface area contributed by atoms with E-state index >= 15 is 0 Å². The summed E-state index contributed by atoms with van der Waals surface area (Å²) in [6.07, 6.45) is 5.52. The third kappa shape index (κ3) is 5.23. The maximum absolute atomic E-state index is 5.45. The number of rotatable bonds is 6. The molecular formula is C12H25NOS. The molecule has 0 N–H and O–H groups in total. The Kier molecular flexibility index (Phi) is 6.69. The van der Waals surface area contributed by atoms with E-state index in [1.165, 1.54) is 25.7 Å². The Morgan fingerprint density at radius 3 is 2.47 bits per heavy atom. The molecule has 0 saturated heterocycles. The summed E-state index contributed by atoms with van der Waals surface area (Å²) in [6, 6.07) is 0.792. The summed E-state index contributed by atoms with van der Waals surface area (Å²) in [7, 11) is 2.23. The Balaban J connectivity index is 2.08. The molecule has 1 aliphatic carbocycles. The minimum absolute atomic E-state index is 0.776. The van der Waals surface area contributed by atoms with E-state index in [0.29, 0.717) is 0 Å². The van der Waals surface area contributed by atoms with Crippen molar-refractivity contribution in [3.63, 3.8) is 0 Å². The lowest BCUT2D eigenvalue weighted by Gasteiger charge is -2.33. The van der Waals surface area contributed by atoms with Gasteiger partial charge in [-0.25, -0.2) is 0 Å². The largest absolute Gasteiger partial charge is 0.379 e. The van der Waals surface area contributed by atoms with Crippen LogP contribution in [0.3, 0.4) is 0 Å². The average molecular weight is 231 g/mol. The highest BCUT2D eigenvalue weighted by Gasteiger charge is 2.21. The van der Waals surface area contributed by atoms with Crippen molar-refractivity contribution in [2.75, 3.05) is 32.6 Å². The topological polar surface area (TPSA) is 12.5 Å². The van der Waals surface area contributed by atoms with Gasteiger partial charge in [-0.05, 0) is 38.6 Å². The SMILES string of the molecule is CC1CCC(N(C)CCOCCS)CC1. The van der Waals surface area contributed by atoms with Crippen molar-refractivity contribution in [1.29, 1.82) is 0 Å². The molecule has 1 saturated carbocycles. The predicted octanol–water partition coefficient (Wildman–Crippen LogP) is 2.44. The maximum Gasteiger partial charge on any atom is 0.0593 e. The van der Waals surface area contributed by atoms with Gasteiger partial charge in [0.05, 0.1) is 13.2 Å². The highest BCUT2D eigenvalue weighted by atomic mass is 32.1. The molecule has 0 atom stereocenters. The molecule has 1 rings (SSSR count). The van der Waals surface area contributed by atoms with Crippen molar-refractivity contribution in [2.24, 2.45) is 5.92 Å². The van der Waals surface area contributed by atoms with Crippen molar-refractivity contribution in [3.8, 4) is 0 Å². The second kappa shape index (κ2) is 7.53. The number of hydrogen-bond donors (Lipinski definition) is 1. The second-order valence-corrected chi connectivity index (χ2v) is 5.18. The number of hydrogen-bond acceptors (Lipinski definition) is 3. The first-order valence-corrected chi connectivity index (χ1v) is 6.76. The van der Waals surface area contributed by atoms with Gasteiger partial charge in [0, 0.05) is 18.3 Å². The fraction of sp³-hybridized carbons (Fsp3) is 1.00. The molecule has 3 heteroatoms. The molecule has 15 heavy (non-hydrogen) atoms. The summed E-state index contributed by atoms with van der Waals surface area (Å²) in [5, 5.41) is 0. The first-order chi connectivity index (χ1) is 7.24. The van der Waals surface area contributed by atoms with Gasteiger partial charge in [0.2, 0.25) is 0 Å². The van der Waals surface area contributed by atoms with Crippen LogP contribution in [0.4, 0.5) is 0 Å². The third-order valence-corrected chi connectivity index (χ3v) is 3.62. The molecule has 1 fully saturated rings. The van der Waals surface area contributed by atoms with Crippen LogP contribution in [0.15, 0.2) is 0 Å². The molecule has 0 heterocycles. The van der Waals surface area contributed by atoms with Crippen molar-refractivity contribution in [3.05, 3.63) is 0 Å². The fourth-order valence-electron chi connectivity index (χ4n) is 2.24. The normalized spacial score (nSPS) is 27.2. The van der Waals surface area contributed by atoms with Crippen LogP contribution >= 0.6 is 12.6 Å². The van der Waals surface area contributed by atoms with Crippen molar-refractivity contribution < 1.29 is 4.74 Å². The first kappa shape index (κ1) is 13.3. The summed E-state index contributed by atoms with van der Waals surface area (Å²) in [5.41, 5.74) is 0. The Hall–Kier alpha value is 0.270. The van der Waals surface area contributed by atoms with Gasteiger partial charge in [-0.1, -0.05) is 6.92 Å². The zero-order chi connectivity index (χ0) is 11.1. The summed E-state index contributed by atoms with van der Waals surface area (Å²) >= 11 is 4.12. The van der Waals surface area contributed by atoms with E-state index in [4.69, 9.17) is 4.74 Å². The molecular weight excluding hydrogens is 206 g/mol. The van der Waals surface area contributed by atoms with Gasteiger partial charge in [-0.15, -0.1) is 0 Å². The summed E-state index contributed by atoms with van der Waals surface area (Å²) < 4.78 is 5.45. The Labute approximate surface area is 99.8 Å². The lowest BCUT2D eigenvalue weighted by Crippen LogP contribution is -2.37. The Morgan fingerprint density at radius 2 is 1.87 bits per heavy atom. The Morgan fingerprint density at radius 1 is 1.20 bits per heavy atom. The van der Waals surface area contributed by atoms with Gasteiger partial charge in [0.1, 0.15) is 0 Å². The summed E-state index contributed by atoms with van der Waals surface area (Å²) in [6.45, 7) is 5.06. The molecule has 2 nitrogen and oxygen atoms in total. The molecule has 90 valence electrons. The highest BCUT2D eigenvalue weighted by Crippen LogP contribution is 2.26. The van der Waals surface area contributed by atoms with Crippen molar-refractivity contribution in [1.82, 2.24) is 4.90 Å². The van der Waals surface area contributed by atoms with Gasteiger partial charge in [0.25, 0.3) is 0 Å². The van der Waals surface area contributed by atoms with E-state index in [0.717, 1.165) is 37.5 Å². The van der Waals surface area contributed by atoms with Crippen LogP contribution in [-0.4, -0.2) is 43.5 Å². The maximum atomic E-state index is 5.45. The lowest BCUT2D eigenvalue weighted by molar-refractivity contribution is 0.0941. The van der Waals surface area contributed by atoms with E-state index in [1.807, 2.05) is 0 Å². The second-order valence-electron chi connectivity index (χ2n) is 4.73. The molecule has 0 aliphatic heterocycles. The van der Waals surface area contributed by atoms with Crippen LogP contribution in [-0.2, 0) is 4.74 Å². The molecule has 0 bridgehead atoms. The zero-order valence-corrected chi connectivity index (χ0v) is 11.0. The number of nitrogens with zero attached hydrogens (tertiary/aromatic N) is 1. The van der Waals surface area contributed by atoms with E-state index in [1.54, 1.807) is 0 Å². The number of thiol groups is 1. The lowest BCUT2D eigenvalue weighted by atomic mass is 9.87. The number of ether oxygens (including phenoxy) is 1. The predicted molar refractivity (Wildman–Crippen MR) is 68.7 cm³/mol. The molecule has 0 amide bonds. The van der Waals surface area contributed by atoms with Crippen molar-refractivity contribution in [2.45, 2.75) is 38.6 Å². The van der Waals surface area contributed by atoms with Crippen LogP contribution in [0, 0.1) is 5.92 Å². The quantitative estimate of drug-likeness (QED) is 0.557. The van der Waals surface area contributed by atoms with Gasteiger partial charge in [0.15, 0.2) is 0 Å². The minimum Gasteiger partial charge on any atom is -0.379 e. The van der Waals surface area contributed by atoms with Gasteiger partial charge < -0.3 is 9.64 Å². The third-order valence-electron chi connectivity index (χ3n) is 3.43. The molecule has 0 radical (unpaired) electrons. The van der Waals surface area contributed by atoms with Gasteiger partial charge >= 0.3 is 0 Å². The fourth-order valence-corrected chi connectivity index (χ4v) is 2.37. The molecule has 0 aromatic heterocycles. The average Bonchev–Trinajstić information content (AvgIpc) is 2.25. The van der Waals surface area contributed by atoms with E-state index in [9.17, 15) is 0 Å². The molecule has 0 unspecified atom stereocenters. The van der Waals surface area contributed by atoms with Gasteiger partial charge in [-0.2, -0.15) is 12.6 Å². The summed E-state index contributed by atoms with van der Waals surface area (Å²) in [5.74, 6) is 1.76. The zero-order valence-electron chi connectivity index (χ0n) is 10.1. The van der Waals surface area contributed by atoms with Crippen LogP contribution < -0.4 is 0 Å². The smallest absolute Gasteiger partial charge is 0.0593 e. The van der Waals surface area contributed by atoms with Crippen LogP contribution in [0.5, 0.6) is 0 Å². The van der Waals surface area contributed by atoms with Gasteiger partial charge in [-0.3, -0.25) is 0 Å². The molecule has 0 aromatic rings. The van der Waals surface area contributed by atoms with Crippen LogP contribution in [0.1, 0.15) is 32.6 Å². The van der Waals surface area contributed by atoms with E-state index < -0.39 is 0 Å².